The number of hydrogen-bond acceptors (Lipinski definition) is 3. The van der Waals surface area contributed by atoms with Crippen LogP contribution in [0.15, 0.2) is 23.1 Å². The van der Waals surface area contributed by atoms with E-state index in [4.69, 9.17) is 0 Å². The molecule has 7 heteroatoms. The monoisotopic (exact) mass is 320 g/mol. The van der Waals surface area contributed by atoms with Crippen LogP contribution in [-0.2, 0) is 23.0 Å². The van der Waals surface area contributed by atoms with Crippen LogP contribution >= 0.6 is 0 Å². The van der Waals surface area contributed by atoms with Crippen LogP contribution < -0.4 is 10.0 Å². The Hall–Kier alpha value is -1.05. The van der Waals surface area contributed by atoms with Gasteiger partial charge in [0.25, 0.3) is 6.43 Å². The molecule has 0 heterocycles. The van der Waals surface area contributed by atoms with E-state index in [-0.39, 0.29) is 4.90 Å². The Balaban J connectivity index is 2.95. The van der Waals surface area contributed by atoms with Crippen LogP contribution in [-0.4, -0.2) is 27.9 Å². The van der Waals surface area contributed by atoms with Crippen molar-refractivity contribution in [2.45, 2.75) is 44.6 Å². The maximum absolute atomic E-state index is 12.1. The Labute approximate surface area is 125 Å². The van der Waals surface area contributed by atoms with E-state index < -0.39 is 23.0 Å². The van der Waals surface area contributed by atoms with E-state index in [0.717, 1.165) is 30.5 Å². The standard InChI is InChI=1S/C14H22F2N2O2S/c1-3-7-17-9-12-8-13(6-5-11(12)4-2)21(19,20)18-10-14(15)16/h5-6,8,14,17-18H,3-4,7,9-10H2,1-2H3. The number of rotatable bonds is 9. The van der Waals surface area contributed by atoms with Gasteiger partial charge in [0, 0.05) is 6.54 Å². The Morgan fingerprint density at radius 2 is 1.90 bits per heavy atom. The van der Waals surface area contributed by atoms with Gasteiger partial charge in [-0.05, 0) is 42.6 Å². The molecule has 0 atom stereocenters. The molecule has 0 bridgehead atoms. The molecule has 0 aliphatic rings. The van der Waals surface area contributed by atoms with Crippen molar-refractivity contribution < 1.29 is 17.2 Å². The highest BCUT2D eigenvalue weighted by Crippen LogP contribution is 2.17. The molecule has 4 nitrogen and oxygen atoms in total. The zero-order chi connectivity index (χ0) is 15.9. The third-order valence-corrected chi connectivity index (χ3v) is 4.46. The summed E-state index contributed by atoms with van der Waals surface area (Å²) < 4.78 is 50.1. The van der Waals surface area contributed by atoms with Crippen molar-refractivity contribution in [3.63, 3.8) is 0 Å². The lowest BCUT2D eigenvalue weighted by Crippen LogP contribution is -2.29. The van der Waals surface area contributed by atoms with Crippen LogP contribution in [0.5, 0.6) is 0 Å². The second-order valence-electron chi connectivity index (χ2n) is 4.70. The van der Waals surface area contributed by atoms with E-state index in [1.54, 1.807) is 12.1 Å². The molecule has 21 heavy (non-hydrogen) atoms. The highest BCUT2D eigenvalue weighted by molar-refractivity contribution is 7.89. The molecule has 0 spiro atoms. The van der Waals surface area contributed by atoms with Gasteiger partial charge in [-0.1, -0.05) is 19.9 Å². The van der Waals surface area contributed by atoms with Gasteiger partial charge in [-0.25, -0.2) is 21.9 Å². The molecule has 0 aliphatic carbocycles. The van der Waals surface area contributed by atoms with E-state index in [1.807, 2.05) is 18.6 Å². The van der Waals surface area contributed by atoms with Crippen molar-refractivity contribution in [3.8, 4) is 0 Å². The van der Waals surface area contributed by atoms with Gasteiger partial charge >= 0.3 is 0 Å². The number of hydrogen-bond donors (Lipinski definition) is 2. The minimum absolute atomic E-state index is 0.0219. The molecule has 0 radical (unpaired) electrons. The number of nitrogens with one attached hydrogen (secondary N) is 2. The largest absolute Gasteiger partial charge is 0.313 e. The van der Waals surface area contributed by atoms with E-state index in [2.05, 4.69) is 5.32 Å². The molecule has 0 saturated heterocycles. The van der Waals surface area contributed by atoms with Crippen LogP contribution in [0, 0.1) is 0 Å². The lowest BCUT2D eigenvalue weighted by Gasteiger charge is -2.12. The lowest BCUT2D eigenvalue weighted by molar-refractivity contribution is 0.153. The summed E-state index contributed by atoms with van der Waals surface area (Å²) in [4.78, 5) is 0.0219. The van der Waals surface area contributed by atoms with Gasteiger partial charge in [0.15, 0.2) is 0 Å². The topological polar surface area (TPSA) is 58.2 Å². The first-order valence-corrected chi connectivity index (χ1v) is 8.49. The van der Waals surface area contributed by atoms with E-state index in [9.17, 15) is 17.2 Å². The SMILES string of the molecule is CCCNCc1cc(S(=O)(=O)NCC(F)F)ccc1CC. The van der Waals surface area contributed by atoms with Crippen molar-refractivity contribution in [2.24, 2.45) is 0 Å². The Kier molecular flexibility index (Phi) is 7.21. The quantitative estimate of drug-likeness (QED) is 0.686. The minimum atomic E-state index is -3.89. The Bertz CT molecular complexity index is 548. The third-order valence-electron chi connectivity index (χ3n) is 3.04. The Morgan fingerprint density at radius 1 is 1.19 bits per heavy atom. The van der Waals surface area contributed by atoms with Crippen LogP contribution in [0.2, 0.25) is 0 Å². The minimum Gasteiger partial charge on any atom is -0.313 e. The third kappa shape index (κ3) is 5.68. The number of halogens is 2. The van der Waals surface area contributed by atoms with Gasteiger partial charge in [-0.3, -0.25) is 0 Å². The van der Waals surface area contributed by atoms with Gasteiger partial charge in [0.05, 0.1) is 11.4 Å². The fourth-order valence-corrected chi connectivity index (χ4v) is 2.99. The highest BCUT2D eigenvalue weighted by Gasteiger charge is 2.17. The zero-order valence-corrected chi connectivity index (χ0v) is 13.1. The van der Waals surface area contributed by atoms with Crippen LogP contribution in [0.25, 0.3) is 0 Å². The normalized spacial score (nSPS) is 12.0. The first kappa shape index (κ1) is 18.0. The number of alkyl halides is 2. The molecular weight excluding hydrogens is 298 g/mol. The maximum atomic E-state index is 12.1. The second kappa shape index (κ2) is 8.41. The average molecular weight is 320 g/mol. The van der Waals surface area contributed by atoms with Gasteiger partial charge in [-0.2, -0.15) is 0 Å². The number of aryl methyl sites for hydroxylation is 1. The Morgan fingerprint density at radius 3 is 2.48 bits per heavy atom. The van der Waals surface area contributed by atoms with Crippen molar-refractivity contribution in [1.82, 2.24) is 10.0 Å². The van der Waals surface area contributed by atoms with Gasteiger partial charge < -0.3 is 5.32 Å². The molecule has 0 aromatic heterocycles. The van der Waals surface area contributed by atoms with Gasteiger partial charge in [0.2, 0.25) is 10.0 Å². The summed E-state index contributed by atoms with van der Waals surface area (Å²) in [5.41, 5.74) is 1.93. The van der Waals surface area contributed by atoms with Gasteiger partial charge in [0.1, 0.15) is 0 Å². The maximum Gasteiger partial charge on any atom is 0.251 e. The summed E-state index contributed by atoms with van der Waals surface area (Å²) in [7, 11) is -3.89. The molecule has 1 rings (SSSR count). The summed E-state index contributed by atoms with van der Waals surface area (Å²) in [6.45, 7) is 4.56. The molecule has 1 aromatic carbocycles. The summed E-state index contributed by atoms with van der Waals surface area (Å²) >= 11 is 0. The number of sulfonamides is 1. The summed E-state index contributed by atoms with van der Waals surface area (Å²) in [5, 5.41) is 3.22. The van der Waals surface area contributed by atoms with Crippen molar-refractivity contribution in [1.29, 1.82) is 0 Å². The van der Waals surface area contributed by atoms with Crippen molar-refractivity contribution in [2.75, 3.05) is 13.1 Å². The summed E-state index contributed by atoms with van der Waals surface area (Å²) in [6, 6.07) is 4.74. The predicted octanol–water partition coefficient (Wildman–Crippen LogP) is 2.29. The molecule has 1 aromatic rings. The van der Waals surface area contributed by atoms with E-state index in [1.165, 1.54) is 6.07 Å². The van der Waals surface area contributed by atoms with Crippen LogP contribution in [0.3, 0.4) is 0 Å². The number of benzene rings is 1. The van der Waals surface area contributed by atoms with Crippen molar-refractivity contribution >= 4 is 10.0 Å². The summed E-state index contributed by atoms with van der Waals surface area (Å²) in [6.07, 6.45) is -0.941. The lowest BCUT2D eigenvalue weighted by atomic mass is 10.1. The van der Waals surface area contributed by atoms with Gasteiger partial charge in [-0.15, -0.1) is 0 Å². The van der Waals surface area contributed by atoms with Crippen molar-refractivity contribution in [3.05, 3.63) is 29.3 Å². The first-order chi connectivity index (χ1) is 9.90. The molecule has 0 saturated carbocycles. The second-order valence-corrected chi connectivity index (χ2v) is 6.47. The van der Waals surface area contributed by atoms with Crippen LogP contribution in [0.1, 0.15) is 31.4 Å². The predicted molar refractivity (Wildman–Crippen MR) is 79.0 cm³/mol. The van der Waals surface area contributed by atoms with Crippen LogP contribution in [0.4, 0.5) is 8.78 Å². The molecule has 2 N–H and O–H groups in total. The first-order valence-electron chi connectivity index (χ1n) is 7.01. The van der Waals surface area contributed by atoms with E-state index >= 15 is 0 Å². The average Bonchev–Trinajstić information content (AvgIpc) is 2.45. The molecule has 0 fully saturated rings. The molecular formula is C14H22F2N2O2S. The molecule has 0 aliphatic heterocycles. The highest BCUT2D eigenvalue weighted by atomic mass is 32.2. The van der Waals surface area contributed by atoms with E-state index in [0.29, 0.717) is 6.54 Å². The fourth-order valence-electron chi connectivity index (χ4n) is 1.93. The molecule has 120 valence electrons. The summed E-state index contributed by atoms with van der Waals surface area (Å²) in [5.74, 6) is 0. The molecule has 0 amide bonds. The fraction of sp³-hybridized carbons (Fsp3) is 0.571. The molecule has 0 unspecified atom stereocenters. The zero-order valence-electron chi connectivity index (χ0n) is 12.3. The smallest absolute Gasteiger partial charge is 0.251 e.